The molecule has 0 radical (unpaired) electrons. The topological polar surface area (TPSA) is 77.8 Å². The van der Waals surface area contributed by atoms with Crippen LogP contribution in [0.1, 0.15) is 30.8 Å². The van der Waals surface area contributed by atoms with Gasteiger partial charge in [-0.05, 0) is 24.2 Å². The van der Waals surface area contributed by atoms with Crippen LogP contribution < -0.4 is 10.1 Å². The fourth-order valence-corrected chi connectivity index (χ4v) is 2.05. The Hall–Kier alpha value is -2.02. The van der Waals surface area contributed by atoms with E-state index in [0.29, 0.717) is 12.2 Å². The molecule has 7 heteroatoms. The minimum absolute atomic E-state index is 0.0806. The molecule has 2 aromatic rings. The first-order valence-corrected chi connectivity index (χ1v) is 6.68. The molecule has 0 fully saturated rings. The third kappa shape index (κ3) is 3.51. The van der Waals surface area contributed by atoms with E-state index in [4.69, 9.17) is 4.74 Å². The van der Waals surface area contributed by atoms with Crippen LogP contribution in [0.3, 0.4) is 0 Å². The lowest BCUT2D eigenvalue weighted by Gasteiger charge is -2.19. The maximum absolute atomic E-state index is 5.39. The molecule has 2 heterocycles. The number of tetrazole rings is 1. The minimum Gasteiger partial charge on any atom is -0.495 e. The predicted octanol–water partition coefficient (Wildman–Crippen LogP) is 0.897. The van der Waals surface area contributed by atoms with Gasteiger partial charge in [0.15, 0.2) is 5.82 Å². The van der Waals surface area contributed by atoms with E-state index in [9.17, 15) is 0 Å². The Balaban J connectivity index is 2.22. The zero-order chi connectivity index (χ0) is 14.4. The predicted molar refractivity (Wildman–Crippen MR) is 74.3 cm³/mol. The maximum atomic E-state index is 5.39. The number of nitrogens with one attached hydrogen (secondary N) is 1. The number of pyridine rings is 1. The number of hydrogen-bond donors (Lipinski definition) is 1. The van der Waals surface area contributed by atoms with Gasteiger partial charge in [0.25, 0.3) is 0 Å². The summed E-state index contributed by atoms with van der Waals surface area (Å²) >= 11 is 0. The Morgan fingerprint density at radius 1 is 1.45 bits per heavy atom. The van der Waals surface area contributed by atoms with E-state index in [2.05, 4.69) is 32.6 Å². The highest BCUT2D eigenvalue weighted by molar-refractivity contribution is 5.33. The van der Waals surface area contributed by atoms with Gasteiger partial charge < -0.3 is 10.1 Å². The molecule has 2 rings (SSSR count). The number of methoxy groups -OCH3 is 1. The first-order valence-electron chi connectivity index (χ1n) is 6.68. The molecule has 1 unspecified atom stereocenters. The average molecular weight is 276 g/mol. The number of ether oxygens (including phenoxy) is 1. The number of rotatable bonds is 7. The lowest BCUT2D eigenvalue weighted by Crippen LogP contribution is -2.25. The molecule has 108 valence electrons. The molecular weight excluding hydrogens is 256 g/mol. The van der Waals surface area contributed by atoms with Crippen molar-refractivity contribution in [1.82, 2.24) is 30.5 Å². The highest BCUT2D eigenvalue weighted by atomic mass is 16.5. The normalized spacial score (nSPS) is 12.3. The molecule has 0 aliphatic rings. The molecule has 7 nitrogen and oxygen atoms in total. The Labute approximate surface area is 118 Å². The zero-order valence-electron chi connectivity index (χ0n) is 12.1. The fourth-order valence-electron chi connectivity index (χ4n) is 2.05. The van der Waals surface area contributed by atoms with Gasteiger partial charge in [0.2, 0.25) is 0 Å². The Bertz CT molecular complexity index is 541. The molecule has 0 saturated carbocycles. The number of nitrogens with zero attached hydrogens (tertiary/aromatic N) is 5. The van der Waals surface area contributed by atoms with Gasteiger partial charge in [-0.2, -0.15) is 4.80 Å². The third-order valence-electron chi connectivity index (χ3n) is 2.99. The molecular formula is C13H20N6O. The van der Waals surface area contributed by atoms with Crippen LogP contribution in [0.2, 0.25) is 0 Å². The molecule has 0 spiro atoms. The first-order chi connectivity index (χ1) is 9.74. The number of hydrogen-bond acceptors (Lipinski definition) is 6. The summed E-state index contributed by atoms with van der Waals surface area (Å²) in [4.78, 5) is 5.56. The van der Waals surface area contributed by atoms with Crippen LogP contribution in [-0.4, -0.2) is 38.8 Å². The Morgan fingerprint density at radius 3 is 2.95 bits per heavy atom. The quantitative estimate of drug-likeness (QED) is 0.809. The zero-order valence-corrected chi connectivity index (χ0v) is 12.1. The summed E-state index contributed by atoms with van der Waals surface area (Å²) in [5, 5.41) is 15.7. The summed E-state index contributed by atoms with van der Waals surface area (Å²) in [5.74, 6) is 1.48. The van der Waals surface area contributed by atoms with Gasteiger partial charge in [-0.15, -0.1) is 10.2 Å². The lowest BCUT2D eigenvalue weighted by atomic mass is 10.0. The molecule has 20 heavy (non-hydrogen) atoms. The van der Waals surface area contributed by atoms with E-state index in [1.807, 2.05) is 6.07 Å². The van der Waals surface area contributed by atoms with Gasteiger partial charge in [-0.1, -0.05) is 6.92 Å². The molecule has 0 saturated heterocycles. The van der Waals surface area contributed by atoms with Crippen molar-refractivity contribution in [2.75, 3.05) is 13.7 Å². The van der Waals surface area contributed by atoms with Crippen LogP contribution in [0.15, 0.2) is 18.5 Å². The standard InChI is InChI=1S/C13H20N6O/c1-4-6-15-11(8-13-16-18-19(2)17-13)10-5-7-14-9-12(10)20-3/h5,7,9,11,15H,4,6,8H2,1-3H3. The van der Waals surface area contributed by atoms with Crippen LogP contribution in [0.5, 0.6) is 5.75 Å². The SMILES string of the molecule is CCCNC(Cc1nnn(C)n1)c1ccncc1OC. The molecule has 0 aromatic carbocycles. The van der Waals surface area contributed by atoms with E-state index in [1.54, 1.807) is 26.6 Å². The molecule has 2 aromatic heterocycles. The third-order valence-corrected chi connectivity index (χ3v) is 2.99. The van der Waals surface area contributed by atoms with Crippen molar-refractivity contribution >= 4 is 0 Å². The fraction of sp³-hybridized carbons (Fsp3) is 0.538. The van der Waals surface area contributed by atoms with Crippen LogP contribution >= 0.6 is 0 Å². The van der Waals surface area contributed by atoms with Crippen LogP contribution in [-0.2, 0) is 13.5 Å². The molecule has 0 bridgehead atoms. The van der Waals surface area contributed by atoms with Gasteiger partial charge in [-0.25, -0.2) is 0 Å². The van der Waals surface area contributed by atoms with Crippen molar-refractivity contribution in [2.24, 2.45) is 7.05 Å². The van der Waals surface area contributed by atoms with Crippen molar-refractivity contribution in [1.29, 1.82) is 0 Å². The van der Waals surface area contributed by atoms with Crippen molar-refractivity contribution in [2.45, 2.75) is 25.8 Å². The highest BCUT2D eigenvalue weighted by Crippen LogP contribution is 2.25. The van der Waals surface area contributed by atoms with E-state index in [0.717, 1.165) is 24.3 Å². The molecule has 0 aliphatic heterocycles. The van der Waals surface area contributed by atoms with Crippen molar-refractivity contribution in [3.8, 4) is 5.75 Å². The Morgan fingerprint density at radius 2 is 2.30 bits per heavy atom. The van der Waals surface area contributed by atoms with Crippen molar-refractivity contribution in [3.05, 3.63) is 29.8 Å². The molecule has 0 aliphatic carbocycles. The van der Waals surface area contributed by atoms with E-state index >= 15 is 0 Å². The number of aryl methyl sites for hydroxylation is 1. The Kier molecular flexibility index (Phi) is 5.00. The first kappa shape index (κ1) is 14.4. The summed E-state index contributed by atoms with van der Waals surface area (Å²) in [7, 11) is 3.41. The van der Waals surface area contributed by atoms with Gasteiger partial charge in [-0.3, -0.25) is 4.98 Å². The summed E-state index contributed by atoms with van der Waals surface area (Å²) in [6, 6.07) is 2.04. The van der Waals surface area contributed by atoms with Crippen LogP contribution in [0, 0.1) is 0 Å². The van der Waals surface area contributed by atoms with Crippen molar-refractivity contribution < 1.29 is 4.74 Å². The molecule has 1 N–H and O–H groups in total. The van der Waals surface area contributed by atoms with Crippen LogP contribution in [0.25, 0.3) is 0 Å². The van der Waals surface area contributed by atoms with Crippen molar-refractivity contribution in [3.63, 3.8) is 0 Å². The highest BCUT2D eigenvalue weighted by Gasteiger charge is 2.18. The van der Waals surface area contributed by atoms with Gasteiger partial charge in [0.05, 0.1) is 20.4 Å². The smallest absolute Gasteiger partial charge is 0.176 e. The van der Waals surface area contributed by atoms with E-state index in [1.165, 1.54) is 4.80 Å². The second-order valence-corrected chi connectivity index (χ2v) is 4.52. The second kappa shape index (κ2) is 6.95. The average Bonchev–Trinajstić information content (AvgIpc) is 2.88. The summed E-state index contributed by atoms with van der Waals surface area (Å²) in [5.41, 5.74) is 1.06. The van der Waals surface area contributed by atoms with Gasteiger partial charge >= 0.3 is 0 Å². The maximum Gasteiger partial charge on any atom is 0.176 e. The summed E-state index contributed by atoms with van der Waals surface area (Å²) < 4.78 is 5.39. The summed E-state index contributed by atoms with van der Waals surface area (Å²) in [6.07, 6.45) is 5.20. The molecule has 1 atom stereocenters. The largest absolute Gasteiger partial charge is 0.495 e. The molecule has 0 amide bonds. The van der Waals surface area contributed by atoms with Crippen LogP contribution in [0.4, 0.5) is 0 Å². The number of aromatic nitrogens is 5. The van der Waals surface area contributed by atoms with Gasteiger partial charge in [0.1, 0.15) is 5.75 Å². The lowest BCUT2D eigenvalue weighted by molar-refractivity contribution is 0.395. The van der Waals surface area contributed by atoms with Gasteiger partial charge in [0, 0.05) is 24.2 Å². The van der Waals surface area contributed by atoms with E-state index < -0.39 is 0 Å². The monoisotopic (exact) mass is 276 g/mol. The second-order valence-electron chi connectivity index (χ2n) is 4.52. The summed E-state index contributed by atoms with van der Waals surface area (Å²) in [6.45, 7) is 3.05. The van der Waals surface area contributed by atoms with E-state index in [-0.39, 0.29) is 6.04 Å². The minimum atomic E-state index is 0.0806.